The van der Waals surface area contributed by atoms with E-state index in [1.54, 1.807) is 38.3 Å². The van der Waals surface area contributed by atoms with E-state index in [1.807, 2.05) is 0 Å². The number of amides is 2. The van der Waals surface area contributed by atoms with E-state index in [0.29, 0.717) is 30.7 Å². The van der Waals surface area contributed by atoms with Crippen LogP contribution in [0.2, 0.25) is 0 Å². The van der Waals surface area contributed by atoms with Crippen molar-refractivity contribution in [2.24, 2.45) is 11.5 Å². The smallest absolute Gasteiger partial charge is 0.417 e. The average Bonchev–Trinajstić information content (AvgIpc) is 3.05. The van der Waals surface area contributed by atoms with Gasteiger partial charge in [0.25, 0.3) is 0 Å². The molecule has 9 heteroatoms. The fourth-order valence-corrected chi connectivity index (χ4v) is 3.14. The summed E-state index contributed by atoms with van der Waals surface area (Å²) < 4.78 is 5.28. The first-order valence-corrected chi connectivity index (χ1v) is 9.71. The fraction of sp³-hybridized carbons (Fsp3) is 0.611. The summed E-state index contributed by atoms with van der Waals surface area (Å²) >= 11 is 1.35. The quantitative estimate of drug-likeness (QED) is 0.540. The van der Waals surface area contributed by atoms with Crippen molar-refractivity contribution in [2.75, 3.05) is 6.54 Å². The van der Waals surface area contributed by atoms with E-state index >= 15 is 0 Å². The minimum Gasteiger partial charge on any atom is -0.480 e. The first kappa shape index (κ1) is 23.1. The van der Waals surface area contributed by atoms with Gasteiger partial charge in [-0.3, -0.25) is 4.79 Å². The molecule has 0 saturated heterocycles. The van der Waals surface area contributed by atoms with Crippen molar-refractivity contribution in [1.29, 1.82) is 0 Å². The standard InChI is InChI=1S/C18H29N3O5S/c1-18(2,3)26-17(25)21(15(22)13(20)8-4-5-9-19)14(16(23)24)11-12-7-6-10-27-12/h6-7,10,13-14H,4-5,8-9,11,19-20H2,1-3H3,(H,23,24)/t13-,14-/m0/s1. The van der Waals surface area contributed by atoms with E-state index in [4.69, 9.17) is 16.2 Å². The van der Waals surface area contributed by atoms with Crippen LogP contribution in [0.4, 0.5) is 4.79 Å². The van der Waals surface area contributed by atoms with Crippen molar-refractivity contribution in [3.05, 3.63) is 22.4 Å². The highest BCUT2D eigenvalue weighted by molar-refractivity contribution is 7.09. The van der Waals surface area contributed by atoms with Gasteiger partial charge in [-0.15, -0.1) is 11.3 Å². The highest BCUT2D eigenvalue weighted by atomic mass is 32.1. The summed E-state index contributed by atoms with van der Waals surface area (Å²) in [5, 5.41) is 11.5. The number of nitrogens with two attached hydrogens (primary N) is 2. The molecule has 0 radical (unpaired) electrons. The Morgan fingerprint density at radius 1 is 1.30 bits per heavy atom. The van der Waals surface area contributed by atoms with E-state index in [9.17, 15) is 19.5 Å². The second-order valence-corrected chi connectivity index (χ2v) is 8.25. The van der Waals surface area contributed by atoms with Crippen LogP contribution < -0.4 is 11.5 Å². The Balaban J connectivity index is 3.11. The Labute approximate surface area is 163 Å². The second-order valence-electron chi connectivity index (χ2n) is 7.22. The van der Waals surface area contributed by atoms with Crippen LogP contribution in [-0.2, 0) is 20.7 Å². The normalized spacial score (nSPS) is 13.7. The maximum absolute atomic E-state index is 12.8. The third-order valence-electron chi connectivity index (χ3n) is 3.69. The first-order chi connectivity index (χ1) is 12.6. The van der Waals surface area contributed by atoms with E-state index in [-0.39, 0.29) is 6.42 Å². The molecule has 0 aliphatic carbocycles. The number of carboxylic acids is 1. The summed E-state index contributed by atoms with van der Waals surface area (Å²) in [6.07, 6.45) is 0.582. The molecule has 0 spiro atoms. The summed E-state index contributed by atoms with van der Waals surface area (Å²) in [6.45, 7) is 5.39. The van der Waals surface area contributed by atoms with Gasteiger partial charge in [0.1, 0.15) is 11.6 Å². The summed E-state index contributed by atoms with van der Waals surface area (Å²) in [7, 11) is 0. The molecule has 1 aromatic heterocycles. The monoisotopic (exact) mass is 399 g/mol. The van der Waals surface area contributed by atoms with Gasteiger partial charge in [-0.25, -0.2) is 14.5 Å². The molecule has 0 aromatic carbocycles. The van der Waals surface area contributed by atoms with Gasteiger partial charge in [0.15, 0.2) is 0 Å². The van der Waals surface area contributed by atoms with Crippen molar-refractivity contribution in [2.45, 2.75) is 64.1 Å². The van der Waals surface area contributed by atoms with E-state index in [0.717, 1.165) is 4.88 Å². The maximum atomic E-state index is 12.8. The predicted octanol–water partition coefficient (Wildman–Crippen LogP) is 1.96. The topological polar surface area (TPSA) is 136 Å². The Kier molecular flexibility index (Phi) is 8.87. The summed E-state index contributed by atoms with van der Waals surface area (Å²) in [4.78, 5) is 38.8. The minimum absolute atomic E-state index is 0.00645. The molecule has 0 unspecified atom stereocenters. The van der Waals surface area contributed by atoms with Gasteiger partial charge in [-0.2, -0.15) is 0 Å². The number of carboxylic acid groups (broad SMARTS) is 1. The van der Waals surface area contributed by atoms with Crippen molar-refractivity contribution in [1.82, 2.24) is 4.90 Å². The van der Waals surface area contributed by atoms with E-state index < -0.39 is 35.7 Å². The lowest BCUT2D eigenvalue weighted by molar-refractivity contribution is -0.150. The van der Waals surface area contributed by atoms with Crippen LogP contribution in [0.25, 0.3) is 0 Å². The predicted molar refractivity (Wildman–Crippen MR) is 103 cm³/mol. The Bertz CT molecular complexity index is 627. The van der Waals surface area contributed by atoms with Crippen LogP contribution in [0.1, 0.15) is 44.9 Å². The minimum atomic E-state index is -1.40. The van der Waals surface area contributed by atoms with Gasteiger partial charge in [0.05, 0.1) is 6.04 Å². The molecule has 5 N–H and O–H groups in total. The summed E-state index contributed by atoms with van der Waals surface area (Å²) in [5.74, 6) is -2.05. The van der Waals surface area contributed by atoms with Gasteiger partial charge in [0.2, 0.25) is 5.91 Å². The highest BCUT2D eigenvalue weighted by Crippen LogP contribution is 2.19. The van der Waals surface area contributed by atoms with Crippen LogP contribution in [0.15, 0.2) is 17.5 Å². The van der Waals surface area contributed by atoms with E-state index in [2.05, 4.69) is 0 Å². The second kappa shape index (κ2) is 10.4. The number of carbonyl (C=O) groups is 3. The van der Waals surface area contributed by atoms with Crippen molar-refractivity contribution in [3.63, 3.8) is 0 Å². The molecule has 0 aliphatic rings. The Morgan fingerprint density at radius 3 is 2.44 bits per heavy atom. The van der Waals surface area contributed by atoms with Gasteiger partial charge < -0.3 is 21.3 Å². The molecule has 0 bridgehead atoms. The number of carbonyl (C=O) groups excluding carboxylic acids is 2. The Hall–Kier alpha value is -1.97. The molecule has 8 nitrogen and oxygen atoms in total. The summed E-state index contributed by atoms with van der Waals surface area (Å²) in [6, 6.07) is 1.12. The fourth-order valence-electron chi connectivity index (χ4n) is 2.40. The van der Waals surface area contributed by atoms with Crippen LogP contribution >= 0.6 is 11.3 Å². The number of nitrogens with zero attached hydrogens (tertiary/aromatic N) is 1. The molecule has 1 aromatic rings. The van der Waals surface area contributed by atoms with Gasteiger partial charge in [-0.05, 0) is 51.6 Å². The van der Waals surface area contributed by atoms with E-state index in [1.165, 1.54) is 11.3 Å². The van der Waals surface area contributed by atoms with Crippen LogP contribution in [0.3, 0.4) is 0 Å². The van der Waals surface area contributed by atoms with Gasteiger partial charge in [0, 0.05) is 11.3 Å². The average molecular weight is 400 g/mol. The molecule has 2 amide bonds. The first-order valence-electron chi connectivity index (χ1n) is 8.83. The molecule has 152 valence electrons. The number of hydrogen-bond acceptors (Lipinski definition) is 7. The number of rotatable bonds is 9. The largest absolute Gasteiger partial charge is 0.480 e. The summed E-state index contributed by atoms with van der Waals surface area (Å²) in [5.41, 5.74) is 10.5. The van der Waals surface area contributed by atoms with Gasteiger partial charge >= 0.3 is 12.1 Å². The maximum Gasteiger partial charge on any atom is 0.417 e. The molecular weight excluding hydrogens is 370 g/mol. The lowest BCUT2D eigenvalue weighted by Gasteiger charge is -2.31. The number of ether oxygens (including phenoxy) is 1. The van der Waals surface area contributed by atoms with Crippen LogP contribution in [0.5, 0.6) is 0 Å². The zero-order valence-electron chi connectivity index (χ0n) is 16.0. The molecule has 0 fully saturated rings. The zero-order valence-corrected chi connectivity index (χ0v) is 16.8. The molecule has 27 heavy (non-hydrogen) atoms. The lowest BCUT2D eigenvalue weighted by atomic mass is 10.1. The van der Waals surface area contributed by atoms with Crippen LogP contribution in [-0.4, -0.2) is 52.2 Å². The highest BCUT2D eigenvalue weighted by Gasteiger charge is 2.39. The SMILES string of the molecule is CC(C)(C)OC(=O)N(C(=O)[C@@H](N)CCCCN)[C@@H](Cc1cccs1)C(=O)O. The number of aliphatic carboxylic acids is 1. The zero-order chi connectivity index (χ0) is 20.6. The van der Waals surface area contributed by atoms with Crippen LogP contribution in [0, 0.1) is 0 Å². The van der Waals surface area contributed by atoms with Crippen molar-refractivity contribution < 1.29 is 24.2 Å². The van der Waals surface area contributed by atoms with Crippen molar-refractivity contribution >= 4 is 29.3 Å². The Morgan fingerprint density at radius 2 is 1.96 bits per heavy atom. The van der Waals surface area contributed by atoms with Crippen molar-refractivity contribution in [3.8, 4) is 0 Å². The number of imide groups is 1. The molecule has 1 heterocycles. The lowest BCUT2D eigenvalue weighted by Crippen LogP contribution is -2.56. The third-order valence-corrected chi connectivity index (χ3v) is 4.58. The third kappa shape index (κ3) is 7.66. The molecule has 0 aliphatic heterocycles. The number of thiophene rings is 1. The number of unbranched alkanes of at least 4 members (excludes halogenated alkanes) is 1. The number of hydrogen-bond donors (Lipinski definition) is 3. The molecular formula is C18H29N3O5S. The van der Waals surface area contributed by atoms with Gasteiger partial charge in [-0.1, -0.05) is 12.5 Å². The molecule has 0 saturated carbocycles. The molecule has 1 rings (SSSR count). The molecule has 2 atom stereocenters.